The van der Waals surface area contributed by atoms with E-state index < -0.39 is 9.84 Å². The van der Waals surface area contributed by atoms with E-state index in [4.69, 9.17) is 0 Å². The van der Waals surface area contributed by atoms with Gasteiger partial charge in [-0.05, 0) is 45.6 Å². The number of hydrogen-bond donors (Lipinski definition) is 1. The van der Waals surface area contributed by atoms with E-state index in [0.717, 1.165) is 25.9 Å². The summed E-state index contributed by atoms with van der Waals surface area (Å²) in [4.78, 5) is 2.56. The quantitative estimate of drug-likeness (QED) is 0.744. The van der Waals surface area contributed by atoms with Gasteiger partial charge >= 0.3 is 0 Å². The molecule has 0 fully saturated rings. The Bertz CT molecular complexity index is 484. The first kappa shape index (κ1) is 16.0. The fourth-order valence-corrected chi connectivity index (χ4v) is 2.89. The SMILES string of the molecule is CCS(=O)(=O)c1ccccc1NCCCCN(C)C. The monoisotopic (exact) mass is 284 g/mol. The highest BCUT2D eigenvalue weighted by molar-refractivity contribution is 7.91. The Morgan fingerprint density at radius 2 is 1.84 bits per heavy atom. The first-order valence-electron chi connectivity index (χ1n) is 6.67. The van der Waals surface area contributed by atoms with Crippen molar-refractivity contribution >= 4 is 15.5 Å². The molecule has 19 heavy (non-hydrogen) atoms. The zero-order chi connectivity index (χ0) is 14.3. The van der Waals surface area contributed by atoms with Crippen LogP contribution in [-0.4, -0.2) is 46.3 Å². The van der Waals surface area contributed by atoms with Crippen molar-refractivity contribution < 1.29 is 8.42 Å². The minimum Gasteiger partial charge on any atom is -0.384 e. The average Bonchev–Trinajstić information content (AvgIpc) is 2.38. The lowest BCUT2D eigenvalue weighted by Crippen LogP contribution is -2.15. The first-order chi connectivity index (χ1) is 8.97. The van der Waals surface area contributed by atoms with E-state index in [2.05, 4.69) is 24.3 Å². The Balaban J connectivity index is 2.59. The van der Waals surface area contributed by atoms with Crippen LogP contribution in [0, 0.1) is 0 Å². The van der Waals surface area contributed by atoms with E-state index >= 15 is 0 Å². The Kier molecular flexibility index (Phi) is 6.31. The maximum absolute atomic E-state index is 12.0. The molecule has 1 N–H and O–H groups in total. The first-order valence-corrected chi connectivity index (χ1v) is 8.33. The van der Waals surface area contributed by atoms with Gasteiger partial charge in [-0.2, -0.15) is 0 Å². The van der Waals surface area contributed by atoms with Crippen LogP contribution >= 0.6 is 0 Å². The smallest absolute Gasteiger partial charge is 0.180 e. The number of hydrogen-bond acceptors (Lipinski definition) is 4. The van der Waals surface area contributed by atoms with E-state index in [0.29, 0.717) is 10.6 Å². The summed E-state index contributed by atoms with van der Waals surface area (Å²) < 4.78 is 23.9. The van der Waals surface area contributed by atoms with E-state index in [1.165, 1.54) is 0 Å². The lowest BCUT2D eigenvalue weighted by Gasteiger charge is -2.12. The molecule has 0 amide bonds. The molecule has 0 bridgehead atoms. The molecule has 0 heterocycles. The molecule has 0 unspecified atom stereocenters. The fourth-order valence-electron chi connectivity index (χ4n) is 1.82. The molecule has 0 aliphatic heterocycles. The molecule has 0 aliphatic rings. The van der Waals surface area contributed by atoms with Gasteiger partial charge < -0.3 is 10.2 Å². The third-order valence-corrected chi connectivity index (χ3v) is 4.74. The number of rotatable bonds is 8. The van der Waals surface area contributed by atoms with Gasteiger partial charge in [-0.1, -0.05) is 19.1 Å². The summed E-state index contributed by atoms with van der Waals surface area (Å²) in [5.74, 6) is 0.131. The zero-order valence-corrected chi connectivity index (χ0v) is 12.8. The van der Waals surface area contributed by atoms with Gasteiger partial charge in [0.05, 0.1) is 16.3 Å². The normalized spacial score (nSPS) is 11.8. The van der Waals surface area contributed by atoms with E-state index in [1.807, 2.05) is 12.1 Å². The van der Waals surface area contributed by atoms with Crippen LogP contribution in [0.4, 0.5) is 5.69 Å². The number of para-hydroxylation sites is 1. The molecule has 0 saturated heterocycles. The lowest BCUT2D eigenvalue weighted by molar-refractivity contribution is 0.396. The van der Waals surface area contributed by atoms with Crippen LogP contribution < -0.4 is 5.32 Å². The summed E-state index contributed by atoms with van der Waals surface area (Å²) in [7, 11) is 0.949. The molecular formula is C14H24N2O2S. The van der Waals surface area contributed by atoms with Crippen LogP contribution in [0.5, 0.6) is 0 Å². The zero-order valence-electron chi connectivity index (χ0n) is 12.0. The second kappa shape index (κ2) is 7.50. The minimum atomic E-state index is -3.16. The second-order valence-corrected chi connectivity index (χ2v) is 7.08. The van der Waals surface area contributed by atoms with Crippen molar-refractivity contribution in [3.8, 4) is 0 Å². The molecular weight excluding hydrogens is 260 g/mol. The summed E-state index contributed by atoms with van der Waals surface area (Å²) >= 11 is 0. The standard InChI is InChI=1S/C14H24N2O2S/c1-4-19(17,18)14-10-6-5-9-13(14)15-11-7-8-12-16(2)3/h5-6,9-10,15H,4,7-8,11-12H2,1-3H3. The van der Waals surface area contributed by atoms with E-state index in [1.54, 1.807) is 19.1 Å². The summed E-state index contributed by atoms with van der Waals surface area (Å²) in [6.45, 7) is 3.52. The van der Waals surface area contributed by atoms with Crippen molar-refractivity contribution in [3.05, 3.63) is 24.3 Å². The third kappa shape index (κ3) is 5.20. The fraction of sp³-hybridized carbons (Fsp3) is 0.571. The van der Waals surface area contributed by atoms with Crippen LogP contribution in [0.15, 0.2) is 29.2 Å². The van der Waals surface area contributed by atoms with Crippen molar-refractivity contribution in [2.75, 3.05) is 38.3 Å². The van der Waals surface area contributed by atoms with Crippen LogP contribution in [0.3, 0.4) is 0 Å². The van der Waals surface area contributed by atoms with Gasteiger partial charge in [0, 0.05) is 6.54 Å². The maximum atomic E-state index is 12.0. The molecule has 0 aliphatic carbocycles. The number of nitrogens with zero attached hydrogens (tertiary/aromatic N) is 1. The number of benzene rings is 1. The molecule has 5 heteroatoms. The minimum absolute atomic E-state index is 0.131. The van der Waals surface area contributed by atoms with E-state index in [-0.39, 0.29) is 5.75 Å². The van der Waals surface area contributed by atoms with Crippen LogP contribution in [-0.2, 0) is 9.84 Å². The van der Waals surface area contributed by atoms with Gasteiger partial charge in [-0.3, -0.25) is 0 Å². The van der Waals surface area contributed by atoms with Crippen molar-refractivity contribution in [3.63, 3.8) is 0 Å². The molecule has 4 nitrogen and oxygen atoms in total. The lowest BCUT2D eigenvalue weighted by atomic mass is 10.2. The summed E-state index contributed by atoms with van der Waals surface area (Å²) in [5.41, 5.74) is 0.717. The van der Waals surface area contributed by atoms with Crippen LogP contribution in [0.25, 0.3) is 0 Å². The van der Waals surface area contributed by atoms with Gasteiger partial charge in [0.2, 0.25) is 0 Å². The van der Waals surface area contributed by atoms with Crippen LogP contribution in [0.1, 0.15) is 19.8 Å². The Labute approximate surface area is 116 Å². The van der Waals surface area contributed by atoms with Crippen molar-refractivity contribution in [2.24, 2.45) is 0 Å². The highest BCUT2D eigenvalue weighted by Gasteiger charge is 2.15. The molecule has 1 aromatic carbocycles. The second-order valence-electron chi connectivity index (χ2n) is 4.84. The summed E-state index contributed by atoms with van der Waals surface area (Å²) in [5, 5.41) is 3.23. The highest BCUT2D eigenvalue weighted by Crippen LogP contribution is 2.21. The van der Waals surface area contributed by atoms with Crippen molar-refractivity contribution in [1.82, 2.24) is 4.90 Å². The van der Waals surface area contributed by atoms with Gasteiger partial charge in [-0.15, -0.1) is 0 Å². The number of nitrogens with one attached hydrogen (secondary N) is 1. The van der Waals surface area contributed by atoms with Crippen LogP contribution in [0.2, 0.25) is 0 Å². The van der Waals surface area contributed by atoms with Gasteiger partial charge in [0.1, 0.15) is 0 Å². The molecule has 108 valence electrons. The largest absolute Gasteiger partial charge is 0.384 e. The molecule has 0 atom stereocenters. The molecule has 1 aromatic rings. The van der Waals surface area contributed by atoms with Gasteiger partial charge in [0.25, 0.3) is 0 Å². The van der Waals surface area contributed by atoms with Gasteiger partial charge in [-0.25, -0.2) is 8.42 Å². The Morgan fingerprint density at radius 3 is 2.47 bits per heavy atom. The summed E-state index contributed by atoms with van der Waals surface area (Å²) in [6.07, 6.45) is 2.13. The topological polar surface area (TPSA) is 49.4 Å². The number of sulfone groups is 1. The van der Waals surface area contributed by atoms with Crippen molar-refractivity contribution in [1.29, 1.82) is 0 Å². The third-order valence-electron chi connectivity index (χ3n) is 2.95. The predicted octanol–water partition coefficient (Wildman–Crippen LogP) is 2.23. The highest BCUT2D eigenvalue weighted by atomic mass is 32.2. The molecule has 1 rings (SSSR count). The van der Waals surface area contributed by atoms with Crippen molar-refractivity contribution in [2.45, 2.75) is 24.7 Å². The molecule has 0 spiro atoms. The van der Waals surface area contributed by atoms with E-state index in [9.17, 15) is 8.42 Å². The summed E-state index contributed by atoms with van der Waals surface area (Å²) in [6, 6.07) is 7.12. The number of unbranched alkanes of at least 4 members (excludes halogenated alkanes) is 1. The predicted molar refractivity (Wildman–Crippen MR) is 80.4 cm³/mol. The molecule has 0 saturated carbocycles. The molecule has 0 aromatic heterocycles. The number of anilines is 1. The molecule has 0 radical (unpaired) electrons. The maximum Gasteiger partial charge on any atom is 0.180 e. The average molecular weight is 284 g/mol. The Morgan fingerprint density at radius 1 is 1.16 bits per heavy atom. The Hall–Kier alpha value is -1.07. The van der Waals surface area contributed by atoms with Gasteiger partial charge in [0.15, 0.2) is 9.84 Å².